The Morgan fingerprint density at radius 3 is 2.54 bits per heavy atom. The summed E-state index contributed by atoms with van der Waals surface area (Å²) in [6.45, 7) is 4.13. The Bertz CT molecular complexity index is 703. The number of nitrogens with one attached hydrogen (secondary N) is 2. The molecule has 2 aliphatic heterocycles. The van der Waals surface area contributed by atoms with Crippen LogP contribution in [-0.4, -0.2) is 50.3 Å². The fourth-order valence-electron chi connectivity index (χ4n) is 3.59. The Kier molecular flexibility index (Phi) is 7.46. The molecule has 1 amide bonds. The molecule has 1 aromatic rings. The molecule has 2 saturated heterocycles. The van der Waals surface area contributed by atoms with E-state index in [0.29, 0.717) is 24.7 Å². The minimum Gasteiger partial charge on any atom is -0.350 e. The first-order chi connectivity index (χ1) is 12.0. The highest BCUT2D eigenvalue weighted by molar-refractivity contribution is 7.89. The summed E-state index contributed by atoms with van der Waals surface area (Å²) < 4.78 is 27.2. The van der Waals surface area contributed by atoms with Crippen LogP contribution in [0.3, 0.4) is 0 Å². The molecule has 0 bridgehead atoms. The molecule has 3 rings (SSSR count). The van der Waals surface area contributed by atoms with E-state index >= 15 is 0 Å². The maximum atomic E-state index is 12.8. The van der Waals surface area contributed by atoms with E-state index in [4.69, 9.17) is 0 Å². The predicted molar refractivity (Wildman–Crippen MR) is 104 cm³/mol. The fourth-order valence-corrected chi connectivity index (χ4v) is 5.29. The normalized spacial score (nSPS) is 24.0. The molecule has 146 valence electrons. The molecule has 0 saturated carbocycles. The zero-order valence-electron chi connectivity index (χ0n) is 15.1. The summed E-state index contributed by atoms with van der Waals surface area (Å²) in [7, 11) is -3.49. The van der Waals surface area contributed by atoms with Crippen molar-refractivity contribution in [3.8, 4) is 0 Å². The van der Waals surface area contributed by atoms with Crippen molar-refractivity contribution >= 4 is 28.3 Å². The van der Waals surface area contributed by atoms with Crippen LogP contribution in [0.1, 0.15) is 49.4 Å². The third kappa shape index (κ3) is 4.76. The van der Waals surface area contributed by atoms with E-state index in [-0.39, 0.29) is 29.3 Å². The molecule has 0 radical (unpaired) electrons. The second kappa shape index (κ2) is 9.17. The molecule has 6 nitrogen and oxygen atoms in total. The van der Waals surface area contributed by atoms with Crippen molar-refractivity contribution in [2.75, 3.05) is 19.6 Å². The van der Waals surface area contributed by atoms with Crippen LogP contribution in [0.25, 0.3) is 0 Å². The summed E-state index contributed by atoms with van der Waals surface area (Å²) in [5.41, 5.74) is 0.489. The van der Waals surface area contributed by atoms with Gasteiger partial charge in [-0.1, -0.05) is 6.42 Å². The van der Waals surface area contributed by atoms with Crippen LogP contribution in [0.4, 0.5) is 0 Å². The molecular weight excluding hydrogens is 374 g/mol. The molecule has 2 aliphatic rings. The van der Waals surface area contributed by atoms with Gasteiger partial charge < -0.3 is 10.6 Å². The lowest BCUT2D eigenvalue weighted by atomic mass is 10.1. The Morgan fingerprint density at radius 1 is 1.19 bits per heavy atom. The molecule has 0 aliphatic carbocycles. The van der Waals surface area contributed by atoms with Gasteiger partial charge in [0.2, 0.25) is 10.0 Å². The number of hydrogen-bond donors (Lipinski definition) is 2. The van der Waals surface area contributed by atoms with Gasteiger partial charge >= 0.3 is 0 Å². The van der Waals surface area contributed by atoms with Gasteiger partial charge in [-0.25, -0.2) is 8.42 Å². The van der Waals surface area contributed by atoms with Crippen LogP contribution in [0.15, 0.2) is 29.2 Å². The van der Waals surface area contributed by atoms with Gasteiger partial charge in [-0.05, 0) is 63.4 Å². The second-order valence-corrected chi connectivity index (χ2v) is 8.88. The number of piperidine rings is 1. The Morgan fingerprint density at radius 2 is 1.92 bits per heavy atom. The molecule has 0 aromatic heterocycles. The molecule has 0 spiro atoms. The molecule has 2 fully saturated rings. The molecule has 2 unspecified atom stereocenters. The lowest BCUT2D eigenvalue weighted by Crippen LogP contribution is -2.41. The third-order valence-electron chi connectivity index (χ3n) is 5.14. The van der Waals surface area contributed by atoms with Crippen molar-refractivity contribution in [2.45, 2.75) is 56.0 Å². The van der Waals surface area contributed by atoms with Crippen LogP contribution < -0.4 is 10.6 Å². The highest BCUT2D eigenvalue weighted by atomic mass is 35.5. The van der Waals surface area contributed by atoms with Crippen LogP contribution >= 0.6 is 12.4 Å². The molecule has 2 heterocycles. The van der Waals surface area contributed by atoms with Gasteiger partial charge in [-0.15, -0.1) is 12.4 Å². The van der Waals surface area contributed by atoms with Crippen molar-refractivity contribution in [3.05, 3.63) is 29.8 Å². The van der Waals surface area contributed by atoms with Crippen molar-refractivity contribution < 1.29 is 13.2 Å². The Hall–Kier alpha value is -1.15. The molecule has 26 heavy (non-hydrogen) atoms. The number of halogens is 1. The minimum atomic E-state index is -3.49. The summed E-state index contributed by atoms with van der Waals surface area (Å²) >= 11 is 0. The first-order valence-corrected chi connectivity index (χ1v) is 10.6. The molecule has 1 aromatic carbocycles. The highest BCUT2D eigenvalue weighted by Gasteiger charge is 2.30. The summed E-state index contributed by atoms with van der Waals surface area (Å²) in [5, 5.41) is 6.24. The van der Waals surface area contributed by atoms with Gasteiger partial charge in [0, 0.05) is 30.7 Å². The number of nitrogens with zero attached hydrogens (tertiary/aromatic N) is 1. The smallest absolute Gasteiger partial charge is 0.251 e. The van der Waals surface area contributed by atoms with Crippen molar-refractivity contribution in [2.24, 2.45) is 0 Å². The molecule has 2 N–H and O–H groups in total. The number of rotatable bonds is 5. The summed E-state index contributed by atoms with van der Waals surface area (Å²) in [5.74, 6) is -0.163. The van der Waals surface area contributed by atoms with E-state index in [9.17, 15) is 13.2 Å². The van der Waals surface area contributed by atoms with Crippen LogP contribution in [0.5, 0.6) is 0 Å². The average molecular weight is 402 g/mol. The summed E-state index contributed by atoms with van der Waals surface area (Å²) in [4.78, 5) is 12.5. The van der Waals surface area contributed by atoms with Gasteiger partial charge in [-0.3, -0.25) is 4.79 Å². The monoisotopic (exact) mass is 401 g/mol. The van der Waals surface area contributed by atoms with E-state index < -0.39 is 10.0 Å². The third-order valence-corrected chi connectivity index (χ3v) is 7.16. The van der Waals surface area contributed by atoms with Crippen molar-refractivity contribution in [1.82, 2.24) is 14.9 Å². The number of amides is 1. The lowest BCUT2D eigenvalue weighted by Gasteiger charge is -2.32. The van der Waals surface area contributed by atoms with E-state index in [1.807, 2.05) is 6.92 Å². The molecule has 8 heteroatoms. The van der Waals surface area contributed by atoms with Crippen LogP contribution in [0, 0.1) is 0 Å². The summed E-state index contributed by atoms with van der Waals surface area (Å²) in [6, 6.07) is 6.64. The largest absolute Gasteiger partial charge is 0.350 e. The Balaban J connectivity index is 0.00000243. The molecular formula is C18H28ClN3O3S. The molecule has 2 atom stereocenters. The zero-order valence-corrected chi connectivity index (χ0v) is 16.7. The van der Waals surface area contributed by atoms with Crippen LogP contribution in [-0.2, 0) is 10.0 Å². The van der Waals surface area contributed by atoms with Gasteiger partial charge in [-0.2, -0.15) is 4.31 Å². The van der Waals surface area contributed by atoms with E-state index in [2.05, 4.69) is 10.6 Å². The number of sulfonamides is 1. The van der Waals surface area contributed by atoms with E-state index in [1.165, 1.54) is 0 Å². The number of carbonyl (C=O) groups excluding carboxylic acids is 1. The number of carbonyl (C=O) groups is 1. The first kappa shape index (κ1) is 21.2. The standard InChI is InChI=1S/C18H27N3O3S.ClH/c1-14-5-2-3-12-21(14)25(23,24)17-9-7-15(8-10-17)18(22)20-13-16-6-4-11-19-16;/h7-10,14,16,19H,2-6,11-13H2,1H3,(H,20,22);1H. The van der Waals surface area contributed by atoms with Crippen molar-refractivity contribution in [3.63, 3.8) is 0 Å². The van der Waals surface area contributed by atoms with Gasteiger partial charge in [0.15, 0.2) is 0 Å². The van der Waals surface area contributed by atoms with Gasteiger partial charge in [0.1, 0.15) is 0 Å². The lowest BCUT2D eigenvalue weighted by molar-refractivity contribution is 0.0950. The topological polar surface area (TPSA) is 78.5 Å². The number of hydrogen-bond acceptors (Lipinski definition) is 4. The minimum absolute atomic E-state index is 0. The fraction of sp³-hybridized carbons (Fsp3) is 0.611. The maximum Gasteiger partial charge on any atom is 0.251 e. The van der Waals surface area contributed by atoms with E-state index in [0.717, 1.165) is 38.6 Å². The predicted octanol–water partition coefficient (Wildman–Crippen LogP) is 2.15. The van der Waals surface area contributed by atoms with Gasteiger partial charge in [0.25, 0.3) is 5.91 Å². The van der Waals surface area contributed by atoms with E-state index in [1.54, 1.807) is 28.6 Å². The van der Waals surface area contributed by atoms with Gasteiger partial charge in [0.05, 0.1) is 4.90 Å². The SMILES string of the molecule is CC1CCCCN1S(=O)(=O)c1ccc(C(=O)NCC2CCCN2)cc1.Cl. The quantitative estimate of drug-likeness (QED) is 0.792. The zero-order chi connectivity index (χ0) is 17.9. The maximum absolute atomic E-state index is 12.8. The van der Waals surface area contributed by atoms with Crippen LogP contribution in [0.2, 0.25) is 0 Å². The first-order valence-electron chi connectivity index (χ1n) is 9.12. The number of benzene rings is 1. The Labute approximate surface area is 162 Å². The second-order valence-electron chi connectivity index (χ2n) is 6.99. The summed E-state index contributed by atoms with van der Waals surface area (Å²) in [6.07, 6.45) is 5.09. The average Bonchev–Trinajstić information content (AvgIpc) is 3.13. The van der Waals surface area contributed by atoms with Crippen molar-refractivity contribution in [1.29, 1.82) is 0 Å². The highest BCUT2D eigenvalue weighted by Crippen LogP contribution is 2.25.